The molecule has 0 fully saturated rings. The molecule has 1 N–H and O–H groups in total. The van der Waals surface area contributed by atoms with Crippen LogP contribution in [0.2, 0.25) is 0 Å². The van der Waals surface area contributed by atoms with Crippen molar-refractivity contribution >= 4 is 12.1 Å². The summed E-state index contributed by atoms with van der Waals surface area (Å²) in [7, 11) is 0. The summed E-state index contributed by atoms with van der Waals surface area (Å²) in [6.07, 6.45) is 4.32. The quantitative estimate of drug-likeness (QED) is 0.762. The predicted octanol–water partition coefficient (Wildman–Crippen LogP) is 1.50. The van der Waals surface area contributed by atoms with Gasteiger partial charge in [0.15, 0.2) is 0 Å². The third kappa shape index (κ3) is 2.43. The Morgan fingerprint density at radius 3 is 3.07 bits per heavy atom. The molecule has 1 aromatic carbocycles. The normalized spacial score (nSPS) is 9.87. The van der Waals surface area contributed by atoms with E-state index in [0.29, 0.717) is 13.0 Å². The molecule has 2 aromatic rings. The lowest BCUT2D eigenvalue weighted by molar-refractivity contribution is -0.105. The van der Waals surface area contributed by atoms with E-state index in [4.69, 9.17) is 0 Å². The summed E-state index contributed by atoms with van der Waals surface area (Å²) in [6.45, 7) is 0.710. The van der Waals surface area contributed by atoms with Gasteiger partial charge in [0.1, 0.15) is 0 Å². The highest BCUT2D eigenvalue weighted by Gasteiger charge is 1.96. The molecule has 4 heteroatoms. The lowest BCUT2D eigenvalue weighted by Gasteiger charge is -2.04. The van der Waals surface area contributed by atoms with Gasteiger partial charge in [0.2, 0.25) is 6.41 Å². The topological polar surface area (TPSA) is 46.9 Å². The molecular formula is C11H11N3O. The van der Waals surface area contributed by atoms with Gasteiger partial charge in [0.25, 0.3) is 0 Å². The van der Waals surface area contributed by atoms with Gasteiger partial charge in [-0.1, -0.05) is 12.1 Å². The van der Waals surface area contributed by atoms with E-state index in [0.717, 1.165) is 11.3 Å². The SMILES string of the molecule is O=CNc1cccc(Cn2cccn2)c1. The molecule has 0 aliphatic rings. The number of nitrogens with one attached hydrogen (secondary N) is 1. The van der Waals surface area contributed by atoms with Gasteiger partial charge in [0, 0.05) is 18.1 Å². The minimum Gasteiger partial charge on any atom is -0.329 e. The molecule has 1 aromatic heterocycles. The summed E-state index contributed by atoms with van der Waals surface area (Å²) >= 11 is 0. The summed E-state index contributed by atoms with van der Waals surface area (Å²) in [4.78, 5) is 10.3. The van der Waals surface area contributed by atoms with Crippen LogP contribution in [0.5, 0.6) is 0 Å². The van der Waals surface area contributed by atoms with Crippen molar-refractivity contribution in [3.05, 3.63) is 48.3 Å². The molecule has 0 saturated heterocycles. The predicted molar refractivity (Wildman–Crippen MR) is 57.5 cm³/mol. The maximum Gasteiger partial charge on any atom is 0.211 e. The van der Waals surface area contributed by atoms with Crippen LogP contribution in [0.25, 0.3) is 0 Å². The maximum atomic E-state index is 10.3. The number of hydrogen-bond acceptors (Lipinski definition) is 2. The van der Waals surface area contributed by atoms with Gasteiger partial charge < -0.3 is 5.32 Å². The van der Waals surface area contributed by atoms with Crippen LogP contribution in [0.15, 0.2) is 42.7 Å². The van der Waals surface area contributed by atoms with Crippen LogP contribution in [-0.4, -0.2) is 16.2 Å². The second-order valence-corrected chi connectivity index (χ2v) is 3.17. The number of carbonyl (C=O) groups is 1. The highest BCUT2D eigenvalue weighted by Crippen LogP contribution is 2.10. The van der Waals surface area contributed by atoms with Gasteiger partial charge in [-0.15, -0.1) is 0 Å². The summed E-state index contributed by atoms with van der Waals surface area (Å²) < 4.78 is 1.83. The van der Waals surface area contributed by atoms with Gasteiger partial charge >= 0.3 is 0 Å². The maximum absolute atomic E-state index is 10.3. The second kappa shape index (κ2) is 4.41. The summed E-state index contributed by atoms with van der Waals surface area (Å²) in [5.74, 6) is 0. The summed E-state index contributed by atoms with van der Waals surface area (Å²) in [6, 6.07) is 9.56. The monoisotopic (exact) mass is 201 g/mol. The highest BCUT2D eigenvalue weighted by molar-refractivity contribution is 5.71. The molecule has 0 aliphatic heterocycles. The Bertz CT molecular complexity index is 437. The molecule has 2 rings (SSSR count). The van der Waals surface area contributed by atoms with Crippen LogP contribution in [0.4, 0.5) is 5.69 Å². The average molecular weight is 201 g/mol. The van der Waals surface area contributed by atoms with Gasteiger partial charge in [0.05, 0.1) is 6.54 Å². The molecule has 1 heterocycles. The third-order valence-corrected chi connectivity index (χ3v) is 2.06. The van der Waals surface area contributed by atoms with E-state index in [1.165, 1.54) is 0 Å². The Labute approximate surface area is 87.5 Å². The molecule has 0 bridgehead atoms. The molecular weight excluding hydrogens is 190 g/mol. The zero-order valence-electron chi connectivity index (χ0n) is 8.13. The standard InChI is InChI=1S/C11H11N3O/c15-9-12-11-4-1-3-10(7-11)8-14-6-2-5-13-14/h1-7,9H,8H2,(H,12,15). The first-order valence-electron chi connectivity index (χ1n) is 4.65. The minimum absolute atomic E-state index is 0.674. The zero-order valence-corrected chi connectivity index (χ0v) is 8.13. The zero-order chi connectivity index (χ0) is 10.5. The van der Waals surface area contributed by atoms with E-state index in [1.807, 2.05) is 41.2 Å². The van der Waals surface area contributed by atoms with Gasteiger partial charge in [-0.25, -0.2) is 0 Å². The number of amides is 1. The number of nitrogens with zero attached hydrogens (tertiary/aromatic N) is 2. The van der Waals surface area contributed by atoms with E-state index in [9.17, 15) is 4.79 Å². The van der Waals surface area contributed by atoms with Crippen LogP contribution < -0.4 is 5.32 Å². The lowest BCUT2D eigenvalue weighted by atomic mass is 10.2. The molecule has 0 aliphatic carbocycles. The van der Waals surface area contributed by atoms with Gasteiger partial charge in [-0.2, -0.15) is 5.10 Å². The number of carbonyl (C=O) groups excluding carboxylic acids is 1. The van der Waals surface area contributed by atoms with Gasteiger partial charge in [-0.05, 0) is 23.8 Å². The van der Waals surface area contributed by atoms with E-state index in [1.54, 1.807) is 6.20 Å². The van der Waals surface area contributed by atoms with E-state index in [-0.39, 0.29) is 0 Å². The number of anilines is 1. The molecule has 0 atom stereocenters. The first kappa shape index (κ1) is 9.45. The fourth-order valence-corrected chi connectivity index (χ4v) is 1.41. The summed E-state index contributed by atoms with van der Waals surface area (Å²) in [5, 5.41) is 6.73. The molecule has 4 nitrogen and oxygen atoms in total. The van der Waals surface area contributed by atoms with Crippen LogP contribution >= 0.6 is 0 Å². The largest absolute Gasteiger partial charge is 0.329 e. The molecule has 0 unspecified atom stereocenters. The minimum atomic E-state index is 0.674. The second-order valence-electron chi connectivity index (χ2n) is 3.17. The average Bonchev–Trinajstić information content (AvgIpc) is 2.71. The first-order chi connectivity index (χ1) is 7.38. The van der Waals surface area contributed by atoms with Gasteiger partial charge in [-0.3, -0.25) is 9.48 Å². The van der Waals surface area contributed by atoms with Crippen LogP contribution in [0.1, 0.15) is 5.56 Å². The highest BCUT2D eigenvalue weighted by atomic mass is 16.1. The number of benzene rings is 1. The fourth-order valence-electron chi connectivity index (χ4n) is 1.41. The number of hydrogen-bond donors (Lipinski definition) is 1. The van der Waals surface area contributed by atoms with E-state index < -0.39 is 0 Å². The third-order valence-electron chi connectivity index (χ3n) is 2.06. The first-order valence-corrected chi connectivity index (χ1v) is 4.65. The summed E-state index contributed by atoms with van der Waals surface area (Å²) in [5.41, 5.74) is 1.90. The molecule has 0 radical (unpaired) electrons. The number of rotatable bonds is 4. The lowest BCUT2D eigenvalue weighted by Crippen LogP contribution is -2.01. The smallest absolute Gasteiger partial charge is 0.211 e. The van der Waals surface area contributed by atoms with Crippen molar-refractivity contribution in [3.8, 4) is 0 Å². The van der Waals surface area contributed by atoms with Crippen molar-refractivity contribution in [2.45, 2.75) is 6.54 Å². The Morgan fingerprint density at radius 2 is 2.33 bits per heavy atom. The molecule has 1 amide bonds. The Kier molecular flexibility index (Phi) is 2.78. The van der Waals surface area contributed by atoms with Crippen molar-refractivity contribution in [1.82, 2.24) is 9.78 Å². The molecule has 0 spiro atoms. The van der Waals surface area contributed by atoms with Crippen molar-refractivity contribution in [2.75, 3.05) is 5.32 Å². The Hall–Kier alpha value is -2.10. The van der Waals surface area contributed by atoms with Crippen molar-refractivity contribution in [1.29, 1.82) is 0 Å². The van der Waals surface area contributed by atoms with Crippen molar-refractivity contribution in [3.63, 3.8) is 0 Å². The van der Waals surface area contributed by atoms with E-state index >= 15 is 0 Å². The molecule has 0 saturated carbocycles. The van der Waals surface area contributed by atoms with Crippen LogP contribution in [0, 0.1) is 0 Å². The number of aromatic nitrogens is 2. The van der Waals surface area contributed by atoms with E-state index in [2.05, 4.69) is 10.4 Å². The van der Waals surface area contributed by atoms with Crippen LogP contribution in [-0.2, 0) is 11.3 Å². The van der Waals surface area contributed by atoms with Crippen molar-refractivity contribution in [2.24, 2.45) is 0 Å². The Balaban J connectivity index is 2.14. The van der Waals surface area contributed by atoms with Crippen LogP contribution in [0.3, 0.4) is 0 Å². The van der Waals surface area contributed by atoms with Crippen molar-refractivity contribution < 1.29 is 4.79 Å². The fraction of sp³-hybridized carbons (Fsp3) is 0.0909. The Morgan fingerprint density at radius 1 is 1.40 bits per heavy atom. The molecule has 15 heavy (non-hydrogen) atoms. The molecule has 76 valence electrons.